The normalized spacial score (nSPS) is 30.8. The maximum Gasteiger partial charge on any atom is 0.0438 e. The zero-order valence-corrected chi connectivity index (χ0v) is 12.7. The smallest absolute Gasteiger partial charge is 0.0438 e. The van der Waals surface area contributed by atoms with Gasteiger partial charge in [0.25, 0.3) is 0 Å². The summed E-state index contributed by atoms with van der Waals surface area (Å²) in [5, 5.41) is 4.61. The highest BCUT2D eigenvalue weighted by molar-refractivity contribution is 6.31. The molecule has 0 aromatic heterocycles. The lowest BCUT2D eigenvalue weighted by Gasteiger charge is -2.19. The van der Waals surface area contributed by atoms with Gasteiger partial charge in [-0.05, 0) is 61.3 Å². The third-order valence-electron chi connectivity index (χ3n) is 5.09. The van der Waals surface area contributed by atoms with Crippen LogP contribution in [0.2, 0.25) is 5.02 Å². The number of aryl methyl sites for hydroxylation is 1. The maximum atomic E-state index is 6.31. The van der Waals surface area contributed by atoms with E-state index in [9.17, 15) is 0 Å². The molecule has 3 unspecified atom stereocenters. The van der Waals surface area contributed by atoms with Gasteiger partial charge in [-0.15, -0.1) is 0 Å². The van der Waals surface area contributed by atoms with Gasteiger partial charge in [-0.1, -0.05) is 43.5 Å². The van der Waals surface area contributed by atoms with Crippen molar-refractivity contribution in [3.63, 3.8) is 0 Å². The monoisotopic (exact) mass is 277 g/mol. The number of halogens is 1. The molecule has 0 saturated heterocycles. The molecule has 1 nitrogen and oxygen atoms in total. The fourth-order valence-corrected chi connectivity index (χ4v) is 4.23. The number of benzene rings is 1. The van der Waals surface area contributed by atoms with Gasteiger partial charge >= 0.3 is 0 Å². The van der Waals surface area contributed by atoms with Crippen LogP contribution >= 0.6 is 11.6 Å². The summed E-state index contributed by atoms with van der Waals surface area (Å²) in [5.74, 6) is 2.79. The quantitative estimate of drug-likeness (QED) is 0.839. The molecule has 0 radical (unpaired) electrons. The van der Waals surface area contributed by atoms with E-state index in [4.69, 9.17) is 11.6 Å². The minimum Gasteiger partial charge on any atom is -0.310 e. The Morgan fingerprint density at radius 2 is 1.95 bits per heavy atom. The second kappa shape index (κ2) is 5.46. The van der Waals surface area contributed by atoms with E-state index in [1.807, 2.05) is 0 Å². The second-order valence-corrected chi connectivity index (χ2v) is 6.64. The first-order valence-corrected chi connectivity index (χ1v) is 8.09. The summed E-state index contributed by atoms with van der Waals surface area (Å²) in [4.78, 5) is 0. The molecule has 1 N–H and O–H groups in total. The lowest BCUT2D eigenvalue weighted by Crippen LogP contribution is -2.23. The molecule has 1 aromatic rings. The van der Waals surface area contributed by atoms with Crippen molar-refractivity contribution in [1.29, 1.82) is 0 Å². The molecule has 2 fully saturated rings. The highest BCUT2D eigenvalue weighted by Crippen LogP contribution is 2.60. The van der Waals surface area contributed by atoms with Crippen LogP contribution in [-0.4, -0.2) is 6.54 Å². The van der Waals surface area contributed by atoms with E-state index in [-0.39, 0.29) is 0 Å². The Hall–Kier alpha value is -0.530. The van der Waals surface area contributed by atoms with Crippen molar-refractivity contribution >= 4 is 11.6 Å². The van der Waals surface area contributed by atoms with Crippen molar-refractivity contribution in [1.82, 2.24) is 5.32 Å². The standard InChI is InChI=1S/C17H24ClN/c1-3-19-17(12-9-8-11(2)15(18)10-12)16-13-6-4-5-7-14(13)16/h8-10,13-14,16-17,19H,3-7H2,1-2H3. The van der Waals surface area contributed by atoms with Gasteiger partial charge in [0.05, 0.1) is 0 Å². The summed E-state index contributed by atoms with van der Waals surface area (Å²) in [6.07, 6.45) is 5.75. The minimum atomic E-state index is 0.510. The first-order chi connectivity index (χ1) is 9.22. The molecule has 2 aliphatic rings. The molecule has 2 aliphatic carbocycles. The van der Waals surface area contributed by atoms with Crippen molar-refractivity contribution in [2.24, 2.45) is 17.8 Å². The number of rotatable bonds is 4. The first kappa shape index (κ1) is 13.5. The highest BCUT2D eigenvalue weighted by atomic mass is 35.5. The molecule has 0 bridgehead atoms. The number of hydrogen-bond donors (Lipinski definition) is 1. The van der Waals surface area contributed by atoms with E-state index in [2.05, 4.69) is 37.4 Å². The second-order valence-electron chi connectivity index (χ2n) is 6.23. The van der Waals surface area contributed by atoms with Crippen molar-refractivity contribution in [2.45, 2.75) is 45.6 Å². The summed E-state index contributed by atoms with van der Waals surface area (Å²) in [7, 11) is 0. The summed E-state index contributed by atoms with van der Waals surface area (Å²) in [6, 6.07) is 7.11. The van der Waals surface area contributed by atoms with E-state index in [0.29, 0.717) is 6.04 Å². The summed E-state index contributed by atoms with van der Waals surface area (Å²) in [6.45, 7) is 5.31. The number of nitrogens with one attached hydrogen (secondary N) is 1. The topological polar surface area (TPSA) is 12.0 Å². The van der Waals surface area contributed by atoms with Gasteiger partial charge in [-0.25, -0.2) is 0 Å². The molecule has 2 heteroatoms. The van der Waals surface area contributed by atoms with Gasteiger partial charge in [0.15, 0.2) is 0 Å². The predicted molar refractivity (Wildman–Crippen MR) is 81.5 cm³/mol. The third-order valence-corrected chi connectivity index (χ3v) is 5.49. The van der Waals surface area contributed by atoms with Gasteiger partial charge in [0.2, 0.25) is 0 Å². The Balaban J connectivity index is 1.82. The number of fused-ring (bicyclic) bond motifs is 1. The molecule has 3 atom stereocenters. The Kier molecular flexibility index (Phi) is 3.86. The predicted octanol–water partition coefficient (Wildman–Crippen LogP) is 4.74. The minimum absolute atomic E-state index is 0.510. The Labute approximate surface area is 121 Å². The molecule has 19 heavy (non-hydrogen) atoms. The van der Waals surface area contributed by atoms with Crippen LogP contribution in [0, 0.1) is 24.7 Å². The van der Waals surface area contributed by atoms with Crippen LogP contribution in [0.3, 0.4) is 0 Å². The van der Waals surface area contributed by atoms with E-state index in [0.717, 1.165) is 29.3 Å². The fraction of sp³-hybridized carbons (Fsp3) is 0.647. The van der Waals surface area contributed by atoms with Crippen LogP contribution < -0.4 is 5.32 Å². The SMILES string of the molecule is CCNC(c1ccc(C)c(Cl)c1)C1C2CCCCC21. The largest absolute Gasteiger partial charge is 0.310 e. The Morgan fingerprint density at radius 3 is 2.53 bits per heavy atom. The molecular weight excluding hydrogens is 254 g/mol. The zero-order valence-electron chi connectivity index (χ0n) is 12.0. The Morgan fingerprint density at radius 1 is 1.26 bits per heavy atom. The van der Waals surface area contributed by atoms with E-state index >= 15 is 0 Å². The van der Waals surface area contributed by atoms with E-state index in [1.165, 1.54) is 36.8 Å². The van der Waals surface area contributed by atoms with Gasteiger partial charge in [-0.2, -0.15) is 0 Å². The van der Waals surface area contributed by atoms with Crippen LogP contribution in [0.5, 0.6) is 0 Å². The molecular formula is C17H24ClN. The van der Waals surface area contributed by atoms with Crippen LogP contribution in [0.4, 0.5) is 0 Å². The van der Waals surface area contributed by atoms with Crippen LogP contribution in [0.15, 0.2) is 18.2 Å². The molecule has 1 aromatic carbocycles. The van der Waals surface area contributed by atoms with Gasteiger partial charge < -0.3 is 5.32 Å². The van der Waals surface area contributed by atoms with E-state index < -0.39 is 0 Å². The zero-order chi connectivity index (χ0) is 13.4. The summed E-state index contributed by atoms with van der Waals surface area (Å²) in [5.41, 5.74) is 2.56. The van der Waals surface area contributed by atoms with Crippen molar-refractivity contribution in [2.75, 3.05) is 6.54 Å². The number of hydrogen-bond acceptors (Lipinski definition) is 1. The van der Waals surface area contributed by atoms with Crippen molar-refractivity contribution in [3.05, 3.63) is 34.3 Å². The van der Waals surface area contributed by atoms with Gasteiger partial charge in [0, 0.05) is 11.1 Å². The van der Waals surface area contributed by atoms with Crippen molar-refractivity contribution in [3.8, 4) is 0 Å². The third kappa shape index (κ3) is 2.55. The average molecular weight is 278 g/mol. The fourth-order valence-electron chi connectivity index (χ4n) is 4.04. The lowest BCUT2D eigenvalue weighted by atomic mass is 9.98. The molecule has 0 aliphatic heterocycles. The average Bonchev–Trinajstić information content (AvgIpc) is 3.13. The Bertz CT molecular complexity index is 445. The summed E-state index contributed by atoms with van der Waals surface area (Å²) >= 11 is 6.31. The maximum absolute atomic E-state index is 6.31. The van der Waals surface area contributed by atoms with Crippen LogP contribution in [0.25, 0.3) is 0 Å². The molecule has 3 rings (SSSR count). The van der Waals surface area contributed by atoms with Gasteiger partial charge in [0.1, 0.15) is 0 Å². The van der Waals surface area contributed by atoms with Gasteiger partial charge in [-0.3, -0.25) is 0 Å². The molecule has 2 saturated carbocycles. The van der Waals surface area contributed by atoms with Crippen molar-refractivity contribution < 1.29 is 0 Å². The molecule has 0 spiro atoms. The molecule has 0 amide bonds. The summed E-state index contributed by atoms with van der Waals surface area (Å²) < 4.78 is 0. The highest BCUT2D eigenvalue weighted by Gasteiger charge is 2.54. The van der Waals surface area contributed by atoms with Crippen LogP contribution in [-0.2, 0) is 0 Å². The van der Waals surface area contributed by atoms with Crippen LogP contribution in [0.1, 0.15) is 49.8 Å². The van der Waals surface area contributed by atoms with E-state index in [1.54, 1.807) is 0 Å². The molecule has 0 heterocycles. The molecule has 104 valence electrons. The first-order valence-electron chi connectivity index (χ1n) is 7.71. The lowest BCUT2D eigenvalue weighted by molar-refractivity contribution is 0.456.